The van der Waals surface area contributed by atoms with Gasteiger partial charge >= 0.3 is 0 Å². The van der Waals surface area contributed by atoms with Crippen molar-refractivity contribution in [3.05, 3.63) is 29.3 Å². The quantitative estimate of drug-likeness (QED) is 0.555. The van der Waals surface area contributed by atoms with Crippen molar-refractivity contribution in [2.24, 2.45) is 0 Å². The molecule has 0 heterocycles. The van der Waals surface area contributed by atoms with Crippen LogP contribution in [-0.2, 0) is 4.84 Å². The van der Waals surface area contributed by atoms with Gasteiger partial charge in [0, 0.05) is 5.02 Å². The smallest absolute Gasteiger partial charge is 0.0746 e. The average Bonchev–Trinajstić information content (AvgIpc) is 2.23. The third-order valence-electron chi connectivity index (χ3n) is 2.11. The average molecular weight is 228 g/mol. The zero-order valence-corrected chi connectivity index (χ0v) is 9.89. The van der Waals surface area contributed by atoms with E-state index in [-0.39, 0.29) is 0 Å². The Balaban J connectivity index is 2.10. The minimum absolute atomic E-state index is 0.717. The zero-order chi connectivity index (χ0) is 10.9. The van der Waals surface area contributed by atoms with Gasteiger partial charge in [0.05, 0.1) is 12.3 Å². The third kappa shape index (κ3) is 5.65. The number of halogens is 1. The summed E-state index contributed by atoms with van der Waals surface area (Å²) in [5.41, 5.74) is 3.78. The number of unbranched alkanes of at least 4 members (excludes halogenated alkanes) is 3. The molecule has 0 saturated carbocycles. The lowest BCUT2D eigenvalue weighted by Gasteiger charge is -2.06. The van der Waals surface area contributed by atoms with E-state index in [1.54, 1.807) is 0 Å². The van der Waals surface area contributed by atoms with E-state index in [4.69, 9.17) is 16.4 Å². The van der Waals surface area contributed by atoms with E-state index < -0.39 is 0 Å². The van der Waals surface area contributed by atoms with Crippen LogP contribution in [0.3, 0.4) is 0 Å². The molecule has 2 nitrogen and oxygen atoms in total. The molecule has 15 heavy (non-hydrogen) atoms. The minimum Gasteiger partial charge on any atom is -0.276 e. The van der Waals surface area contributed by atoms with Crippen LogP contribution in [0.1, 0.15) is 32.6 Å². The second-order valence-electron chi connectivity index (χ2n) is 3.52. The Labute approximate surface area is 96.5 Å². The lowest BCUT2D eigenvalue weighted by molar-refractivity contribution is 0.187. The summed E-state index contributed by atoms with van der Waals surface area (Å²) in [5.74, 6) is 0. The van der Waals surface area contributed by atoms with Crippen molar-refractivity contribution in [1.82, 2.24) is 0 Å². The van der Waals surface area contributed by atoms with Crippen LogP contribution in [0.15, 0.2) is 24.3 Å². The Hall–Kier alpha value is -0.730. The van der Waals surface area contributed by atoms with Crippen LogP contribution in [0, 0.1) is 0 Å². The fourth-order valence-electron chi connectivity index (χ4n) is 1.29. The van der Waals surface area contributed by atoms with Crippen LogP contribution in [0.5, 0.6) is 0 Å². The molecule has 0 spiro atoms. The predicted octanol–water partition coefficient (Wildman–Crippen LogP) is 4.26. The highest BCUT2D eigenvalue weighted by Crippen LogP contribution is 2.14. The number of hydrogen-bond donors (Lipinski definition) is 1. The molecule has 0 aliphatic rings. The molecule has 1 rings (SSSR count). The number of benzene rings is 1. The summed E-state index contributed by atoms with van der Waals surface area (Å²) in [4.78, 5) is 5.31. The molecule has 1 N–H and O–H groups in total. The summed E-state index contributed by atoms with van der Waals surface area (Å²) >= 11 is 5.83. The highest BCUT2D eigenvalue weighted by Gasteiger charge is 1.93. The molecule has 0 amide bonds. The summed E-state index contributed by atoms with van der Waals surface area (Å²) in [6, 6.07) is 7.50. The fraction of sp³-hybridized carbons (Fsp3) is 0.500. The second kappa shape index (κ2) is 7.55. The summed E-state index contributed by atoms with van der Waals surface area (Å²) in [7, 11) is 0. The van der Waals surface area contributed by atoms with Gasteiger partial charge in [0.2, 0.25) is 0 Å². The fourth-order valence-corrected chi connectivity index (χ4v) is 1.48. The molecule has 1 aromatic carbocycles. The van der Waals surface area contributed by atoms with Crippen LogP contribution in [0.2, 0.25) is 5.02 Å². The summed E-state index contributed by atoms with van der Waals surface area (Å²) in [6.45, 7) is 2.94. The molecule has 3 heteroatoms. The van der Waals surface area contributed by atoms with Crippen LogP contribution in [0.25, 0.3) is 0 Å². The van der Waals surface area contributed by atoms with Crippen molar-refractivity contribution >= 4 is 17.3 Å². The molecular weight excluding hydrogens is 210 g/mol. The molecule has 1 aromatic rings. The molecule has 0 aliphatic carbocycles. The van der Waals surface area contributed by atoms with Crippen molar-refractivity contribution in [1.29, 1.82) is 0 Å². The van der Waals surface area contributed by atoms with Gasteiger partial charge in [-0.2, -0.15) is 0 Å². The summed E-state index contributed by atoms with van der Waals surface area (Å²) in [5, 5.41) is 0.717. The van der Waals surface area contributed by atoms with Gasteiger partial charge in [0.1, 0.15) is 0 Å². The topological polar surface area (TPSA) is 21.3 Å². The van der Waals surface area contributed by atoms with E-state index in [9.17, 15) is 0 Å². The molecular formula is C12H18ClNO. The molecule has 0 bridgehead atoms. The SMILES string of the molecule is CCCCCCONc1cccc(Cl)c1. The first-order valence-corrected chi connectivity index (χ1v) is 5.84. The molecule has 0 radical (unpaired) electrons. The van der Waals surface area contributed by atoms with Gasteiger partial charge in [0.25, 0.3) is 0 Å². The standard InChI is InChI=1S/C12H18ClNO/c1-2-3-4-5-9-15-14-12-8-6-7-11(13)10-12/h6-8,10,14H,2-5,9H2,1H3. The van der Waals surface area contributed by atoms with E-state index >= 15 is 0 Å². The van der Waals surface area contributed by atoms with Crippen LogP contribution < -0.4 is 5.48 Å². The van der Waals surface area contributed by atoms with Crippen molar-refractivity contribution in [2.75, 3.05) is 12.1 Å². The zero-order valence-electron chi connectivity index (χ0n) is 9.13. The molecule has 0 unspecified atom stereocenters. The summed E-state index contributed by atoms with van der Waals surface area (Å²) < 4.78 is 0. The van der Waals surface area contributed by atoms with Crippen molar-refractivity contribution in [3.63, 3.8) is 0 Å². The van der Waals surface area contributed by atoms with Gasteiger partial charge < -0.3 is 0 Å². The van der Waals surface area contributed by atoms with Gasteiger partial charge in [-0.25, -0.2) is 0 Å². The molecule has 0 aliphatic heterocycles. The monoisotopic (exact) mass is 227 g/mol. The van der Waals surface area contributed by atoms with Crippen molar-refractivity contribution < 1.29 is 4.84 Å². The van der Waals surface area contributed by atoms with Gasteiger partial charge in [-0.3, -0.25) is 10.3 Å². The Morgan fingerprint density at radius 3 is 2.87 bits per heavy atom. The van der Waals surface area contributed by atoms with Crippen LogP contribution >= 0.6 is 11.6 Å². The first-order valence-electron chi connectivity index (χ1n) is 5.46. The first-order chi connectivity index (χ1) is 7.33. The Morgan fingerprint density at radius 1 is 1.27 bits per heavy atom. The maximum absolute atomic E-state index is 5.83. The first kappa shape index (κ1) is 12.3. The summed E-state index contributed by atoms with van der Waals surface area (Å²) in [6.07, 6.45) is 4.86. The van der Waals surface area contributed by atoms with E-state index in [0.717, 1.165) is 23.7 Å². The van der Waals surface area contributed by atoms with Gasteiger partial charge in [0.15, 0.2) is 0 Å². The largest absolute Gasteiger partial charge is 0.276 e. The van der Waals surface area contributed by atoms with E-state index in [2.05, 4.69) is 12.4 Å². The van der Waals surface area contributed by atoms with Gasteiger partial charge in [-0.05, 0) is 24.6 Å². The highest BCUT2D eigenvalue weighted by atomic mass is 35.5. The molecule has 0 atom stereocenters. The lowest BCUT2D eigenvalue weighted by atomic mass is 10.2. The van der Waals surface area contributed by atoms with E-state index in [1.807, 2.05) is 24.3 Å². The second-order valence-corrected chi connectivity index (χ2v) is 3.96. The van der Waals surface area contributed by atoms with Crippen LogP contribution in [0.4, 0.5) is 5.69 Å². The Kier molecular flexibility index (Phi) is 6.21. The van der Waals surface area contributed by atoms with E-state index in [1.165, 1.54) is 19.3 Å². The number of anilines is 1. The van der Waals surface area contributed by atoms with Crippen LogP contribution in [-0.4, -0.2) is 6.61 Å². The maximum atomic E-state index is 5.83. The van der Waals surface area contributed by atoms with Gasteiger partial charge in [-0.1, -0.05) is 43.9 Å². The molecule has 84 valence electrons. The normalized spacial score (nSPS) is 10.3. The van der Waals surface area contributed by atoms with Crippen molar-refractivity contribution in [2.45, 2.75) is 32.6 Å². The van der Waals surface area contributed by atoms with Crippen molar-refractivity contribution in [3.8, 4) is 0 Å². The molecule has 0 saturated heterocycles. The Bertz CT molecular complexity index is 278. The Morgan fingerprint density at radius 2 is 2.13 bits per heavy atom. The minimum atomic E-state index is 0.717. The molecule has 0 aromatic heterocycles. The lowest BCUT2D eigenvalue weighted by Crippen LogP contribution is -2.02. The predicted molar refractivity (Wildman–Crippen MR) is 65.2 cm³/mol. The molecule has 0 fully saturated rings. The maximum Gasteiger partial charge on any atom is 0.0746 e. The van der Waals surface area contributed by atoms with E-state index in [0.29, 0.717) is 0 Å². The number of hydrogen-bond acceptors (Lipinski definition) is 2. The highest BCUT2D eigenvalue weighted by molar-refractivity contribution is 6.30. The number of nitrogens with one attached hydrogen (secondary N) is 1. The van der Waals surface area contributed by atoms with Gasteiger partial charge in [-0.15, -0.1) is 0 Å². The third-order valence-corrected chi connectivity index (χ3v) is 2.35. The number of rotatable bonds is 7.